The number of fused-ring (bicyclic) bond motifs is 1. The zero-order valence-electron chi connectivity index (χ0n) is 15.6. The van der Waals surface area contributed by atoms with E-state index in [-0.39, 0.29) is 35.7 Å². The molecule has 3 aliphatic rings. The van der Waals surface area contributed by atoms with Gasteiger partial charge < -0.3 is 29.5 Å². The number of benzene rings is 1. The average Bonchev–Trinajstić information content (AvgIpc) is 3.10. The number of pyridine rings is 1. The number of aromatic nitrogens is 1. The number of nitrogens with zero attached hydrogens (tertiary/aromatic N) is 3. The molecule has 154 valence electrons. The van der Waals surface area contributed by atoms with Crippen molar-refractivity contribution in [2.24, 2.45) is 0 Å². The van der Waals surface area contributed by atoms with Crippen molar-refractivity contribution < 1.29 is 28.5 Å². The molecule has 1 aromatic heterocycles. The van der Waals surface area contributed by atoms with Gasteiger partial charge in [-0.25, -0.2) is 9.18 Å². The van der Waals surface area contributed by atoms with Gasteiger partial charge in [-0.05, 0) is 6.07 Å². The van der Waals surface area contributed by atoms with Crippen LogP contribution in [-0.2, 0) is 4.74 Å². The molecule has 11 heteroatoms. The van der Waals surface area contributed by atoms with Crippen LogP contribution < -0.4 is 30.1 Å². The Bertz CT molecular complexity index is 1060. The summed E-state index contributed by atoms with van der Waals surface area (Å²) < 4.78 is 33.0. The lowest BCUT2D eigenvalue weighted by molar-refractivity contribution is 0.0212. The Morgan fingerprint density at radius 1 is 1.41 bits per heavy atom. The number of anilines is 1. The SMILES string of the molecule is CN1COc2c(N3C[C@@H]4NCCO[C@H]4C3)c(F)cc3c(=O)c(OC(=O)O)cn1c23. The van der Waals surface area contributed by atoms with E-state index in [4.69, 9.17) is 14.6 Å². The molecule has 1 aromatic carbocycles. The molecule has 0 unspecified atom stereocenters. The number of ether oxygens (including phenoxy) is 3. The monoisotopic (exact) mass is 406 g/mol. The first-order valence-electron chi connectivity index (χ1n) is 9.21. The molecule has 2 atom stereocenters. The predicted molar refractivity (Wildman–Crippen MR) is 100 cm³/mol. The first-order chi connectivity index (χ1) is 13.9. The Kier molecular flexibility index (Phi) is 4.03. The topological polar surface area (TPSA) is 106 Å². The number of morpholine rings is 1. The molecule has 29 heavy (non-hydrogen) atoms. The lowest BCUT2D eigenvalue weighted by atomic mass is 10.1. The molecule has 10 nitrogen and oxygen atoms in total. The fourth-order valence-corrected chi connectivity index (χ4v) is 4.24. The van der Waals surface area contributed by atoms with Crippen LogP contribution in [0.2, 0.25) is 0 Å². The van der Waals surface area contributed by atoms with Gasteiger partial charge in [0.1, 0.15) is 11.2 Å². The second-order valence-corrected chi connectivity index (χ2v) is 7.27. The van der Waals surface area contributed by atoms with E-state index in [1.165, 1.54) is 6.20 Å². The third-order valence-corrected chi connectivity index (χ3v) is 5.50. The third kappa shape index (κ3) is 2.76. The molecule has 0 radical (unpaired) electrons. The Balaban J connectivity index is 1.69. The Morgan fingerprint density at radius 3 is 3.00 bits per heavy atom. The highest BCUT2D eigenvalue weighted by atomic mass is 19.1. The van der Waals surface area contributed by atoms with Crippen molar-refractivity contribution in [3.05, 3.63) is 28.3 Å². The molecule has 0 saturated carbocycles. The van der Waals surface area contributed by atoms with Crippen molar-refractivity contribution in [2.75, 3.05) is 49.9 Å². The molecule has 0 bridgehead atoms. The highest BCUT2D eigenvalue weighted by Gasteiger charge is 2.39. The maximum atomic E-state index is 15.2. The molecule has 0 aliphatic carbocycles. The molecule has 3 aliphatic heterocycles. The van der Waals surface area contributed by atoms with E-state index in [0.29, 0.717) is 25.2 Å². The zero-order chi connectivity index (χ0) is 20.3. The van der Waals surface area contributed by atoms with Crippen molar-refractivity contribution in [3.63, 3.8) is 0 Å². The fraction of sp³-hybridized carbons (Fsp3) is 0.444. The summed E-state index contributed by atoms with van der Waals surface area (Å²) in [6.07, 6.45) is -0.389. The molecule has 2 fully saturated rings. The highest BCUT2D eigenvalue weighted by molar-refractivity contribution is 5.93. The molecule has 2 N–H and O–H groups in total. The number of hydrogen-bond donors (Lipinski definition) is 2. The van der Waals surface area contributed by atoms with Crippen LogP contribution in [0.5, 0.6) is 11.5 Å². The number of hydrogen-bond acceptors (Lipinski definition) is 8. The zero-order valence-corrected chi connectivity index (χ0v) is 15.6. The fourth-order valence-electron chi connectivity index (χ4n) is 4.24. The van der Waals surface area contributed by atoms with Crippen molar-refractivity contribution in [2.45, 2.75) is 12.1 Å². The van der Waals surface area contributed by atoms with E-state index >= 15 is 4.39 Å². The summed E-state index contributed by atoms with van der Waals surface area (Å²) in [6, 6.07) is 1.20. The van der Waals surface area contributed by atoms with Crippen LogP contribution >= 0.6 is 0 Å². The predicted octanol–water partition coefficient (Wildman–Crippen LogP) is 0.292. The molecule has 2 aromatic rings. The van der Waals surface area contributed by atoms with Crippen LogP contribution in [0.25, 0.3) is 10.9 Å². The lowest BCUT2D eigenvalue weighted by Gasteiger charge is -2.33. The minimum Gasteiger partial charge on any atom is -0.467 e. The summed E-state index contributed by atoms with van der Waals surface area (Å²) in [5.74, 6) is -0.774. The molecule has 5 rings (SSSR count). The van der Waals surface area contributed by atoms with E-state index in [1.54, 1.807) is 16.7 Å². The first-order valence-corrected chi connectivity index (χ1v) is 9.21. The molecule has 0 amide bonds. The first kappa shape index (κ1) is 18.0. The van der Waals surface area contributed by atoms with Crippen LogP contribution in [-0.4, -0.2) is 68.1 Å². The van der Waals surface area contributed by atoms with Crippen LogP contribution in [0.4, 0.5) is 14.9 Å². The molecule has 2 saturated heterocycles. The lowest BCUT2D eigenvalue weighted by Crippen LogP contribution is -2.47. The second-order valence-electron chi connectivity index (χ2n) is 7.27. The van der Waals surface area contributed by atoms with Crippen molar-refractivity contribution >= 4 is 22.7 Å². The van der Waals surface area contributed by atoms with E-state index in [9.17, 15) is 9.59 Å². The van der Waals surface area contributed by atoms with Crippen LogP contribution in [0.15, 0.2) is 17.1 Å². The summed E-state index contributed by atoms with van der Waals surface area (Å²) in [6.45, 7) is 2.48. The van der Waals surface area contributed by atoms with Gasteiger partial charge in [0, 0.05) is 26.7 Å². The van der Waals surface area contributed by atoms with E-state index in [0.717, 1.165) is 12.6 Å². The van der Waals surface area contributed by atoms with Gasteiger partial charge in [0.05, 0.1) is 30.3 Å². The number of rotatable bonds is 2. The quantitative estimate of drug-likeness (QED) is 0.681. The summed E-state index contributed by atoms with van der Waals surface area (Å²) in [5.41, 5.74) is -0.0866. The minimum absolute atomic E-state index is 0.0162. The van der Waals surface area contributed by atoms with Gasteiger partial charge in [0.25, 0.3) is 0 Å². The summed E-state index contributed by atoms with van der Waals surface area (Å²) >= 11 is 0. The minimum atomic E-state index is -1.62. The van der Waals surface area contributed by atoms with Gasteiger partial charge in [0.2, 0.25) is 11.2 Å². The standard InChI is InChI=1S/C18H19FN4O6/c1-21-8-28-17-14-9(16(24)13(7-23(14)21)29-18(25)26)4-10(19)15(17)22-5-11-12(6-22)27-3-2-20-11/h4,7,11-12,20H,2-3,5-6,8H2,1H3,(H,25,26)/t11-,12-/m0/s1. The largest absolute Gasteiger partial charge is 0.511 e. The summed E-state index contributed by atoms with van der Waals surface area (Å²) in [7, 11) is 1.70. The number of halogens is 1. The van der Waals surface area contributed by atoms with Gasteiger partial charge in [-0.2, -0.15) is 0 Å². The van der Waals surface area contributed by atoms with Crippen LogP contribution in [0, 0.1) is 5.82 Å². The van der Waals surface area contributed by atoms with E-state index in [1.807, 2.05) is 4.90 Å². The van der Waals surface area contributed by atoms with Crippen molar-refractivity contribution in [1.82, 2.24) is 9.99 Å². The smallest absolute Gasteiger partial charge is 0.467 e. The maximum Gasteiger partial charge on any atom is 0.511 e. The third-order valence-electron chi connectivity index (χ3n) is 5.50. The van der Waals surface area contributed by atoms with Gasteiger partial charge in [-0.3, -0.25) is 14.5 Å². The Labute approximate surface area is 163 Å². The normalized spacial score (nSPS) is 23.1. The van der Waals surface area contributed by atoms with Crippen molar-refractivity contribution in [3.8, 4) is 11.5 Å². The highest BCUT2D eigenvalue weighted by Crippen LogP contribution is 2.41. The Hall–Kier alpha value is -3.05. The molecule has 4 heterocycles. The second kappa shape index (κ2) is 6.49. The van der Waals surface area contributed by atoms with Gasteiger partial charge in [-0.1, -0.05) is 0 Å². The van der Waals surface area contributed by atoms with Crippen molar-refractivity contribution in [1.29, 1.82) is 0 Å². The summed E-state index contributed by atoms with van der Waals surface area (Å²) in [5, 5.41) is 13.9. The van der Waals surface area contributed by atoms with E-state index in [2.05, 4.69) is 10.1 Å². The number of carbonyl (C=O) groups is 1. The Morgan fingerprint density at radius 2 is 2.24 bits per heavy atom. The maximum absolute atomic E-state index is 15.2. The summed E-state index contributed by atoms with van der Waals surface area (Å²) in [4.78, 5) is 25.5. The number of nitrogens with one attached hydrogen (secondary N) is 1. The van der Waals surface area contributed by atoms with Gasteiger partial charge in [0.15, 0.2) is 18.3 Å². The molecular weight excluding hydrogens is 387 g/mol. The van der Waals surface area contributed by atoms with Gasteiger partial charge in [-0.15, -0.1) is 0 Å². The molecular formula is C18H19FN4O6. The molecule has 0 spiro atoms. The number of carboxylic acid groups (broad SMARTS) is 1. The van der Waals surface area contributed by atoms with Crippen LogP contribution in [0.1, 0.15) is 0 Å². The van der Waals surface area contributed by atoms with E-state index < -0.39 is 23.2 Å². The van der Waals surface area contributed by atoms with Crippen LogP contribution in [0.3, 0.4) is 0 Å². The van der Waals surface area contributed by atoms with Gasteiger partial charge >= 0.3 is 6.16 Å². The average molecular weight is 406 g/mol.